The summed E-state index contributed by atoms with van der Waals surface area (Å²) in [5.41, 5.74) is 0.673. The molecule has 0 aliphatic carbocycles. The average molecular weight is 290 g/mol. The van der Waals surface area contributed by atoms with Crippen molar-refractivity contribution in [2.75, 3.05) is 32.8 Å². The number of amides is 1. The Bertz CT molecular complexity index is 435. The minimum Gasteiger partial charge on any atom is -0.395 e. The molecule has 4 nitrogen and oxygen atoms in total. The Hall–Kier alpha value is -1.39. The van der Waals surface area contributed by atoms with Crippen LogP contribution in [-0.4, -0.2) is 48.7 Å². The topological polar surface area (TPSA) is 52.6 Å². The third-order valence-corrected chi connectivity index (χ3v) is 4.34. The molecule has 0 aromatic heterocycles. The Labute approximate surface area is 127 Å². The average Bonchev–Trinajstić information content (AvgIpc) is 2.55. The van der Waals surface area contributed by atoms with Gasteiger partial charge in [0.25, 0.3) is 0 Å². The molecule has 1 saturated heterocycles. The van der Waals surface area contributed by atoms with Crippen LogP contribution in [0.4, 0.5) is 0 Å². The normalized spacial score (nSPS) is 17.4. The molecule has 1 aromatic carbocycles. The van der Waals surface area contributed by atoms with E-state index in [1.165, 1.54) is 0 Å². The second kappa shape index (κ2) is 7.57. The molecule has 116 valence electrons. The number of piperidine rings is 1. The quantitative estimate of drug-likeness (QED) is 0.835. The summed E-state index contributed by atoms with van der Waals surface area (Å²) in [6.07, 6.45) is 2.55. The van der Waals surface area contributed by atoms with Crippen molar-refractivity contribution in [1.82, 2.24) is 10.2 Å². The third kappa shape index (κ3) is 3.44. The van der Waals surface area contributed by atoms with Gasteiger partial charge in [0.05, 0.1) is 12.0 Å². The van der Waals surface area contributed by atoms with E-state index in [1.807, 2.05) is 23.1 Å². The molecule has 0 saturated carbocycles. The molecule has 0 atom stereocenters. The number of carbonyl (C=O) groups is 1. The first-order chi connectivity index (χ1) is 10.2. The second-order valence-corrected chi connectivity index (χ2v) is 5.71. The Morgan fingerprint density at radius 1 is 1.24 bits per heavy atom. The molecule has 1 aliphatic heterocycles. The predicted molar refractivity (Wildman–Crippen MR) is 84.2 cm³/mol. The van der Waals surface area contributed by atoms with Gasteiger partial charge in [-0.15, -0.1) is 0 Å². The fourth-order valence-electron chi connectivity index (χ4n) is 3.24. The van der Waals surface area contributed by atoms with Crippen molar-refractivity contribution in [1.29, 1.82) is 0 Å². The minimum atomic E-state index is -0.434. The molecule has 2 rings (SSSR count). The van der Waals surface area contributed by atoms with Crippen LogP contribution in [0.3, 0.4) is 0 Å². The molecule has 0 spiro atoms. The van der Waals surface area contributed by atoms with Gasteiger partial charge in [0.2, 0.25) is 5.91 Å². The predicted octanol–water partition coefficient (Wildman–Crippen LogP) is 1.54. The lowest BCUT2D eigenvalue weighted by Crippen LogP contribution is -2.52. The minimum absolute atomic E-state index is 0.0227. The standard InChI is InChI=1S/C17H26N2O2/c1-2-12-19(13-14-20)16(21)17(8-10-18-11-9-17)15-6-4-3-5-7-15/h3-7,18,20H,2,8-14H2,1H3. The highest BCUT2D eigenvalue weighted by Crippen LogP contribution is 2.35. The maximum Gasteiger partial charge on any atom is 0.233 e. The Morgan fingerprint density at radius 2 is 1.90 bits per heavy atom. The second-order valence-electron chi connectivity index (χ2n) is 5.71. The first-order valence-corrected chi connectivity index (χ1v) is 7.91. The molecular weight excluding hydrogens is 264 g/mol. The van der Waals surface area contributed by atoms with Crippen LogP contribution in [0.25, 0.3) is 0 Å². The number of hydrogen-bond donors (Lipinski definition) is 2. The maximum absolute atomic E-state index is 13.2. The number of aliphatic hydroxyl groups excluding tert-OH is 1. The summed E-state index contributed by atoms with van der Waals surface area (Å²) in [7, 11) is 0. The molecule has 0 radical (unpaired) electrons. The van der Waals surface area contributed by atoms with Crippen LogP contribution in [0.15, 0.2) is 30.3 Å². The molecule has 21 heavy (non-hydrogen) atoms. The molecule has 0 bridgehead atoms. The van der Waals surface area contributed by atoms with Crippen molar-refractivity contribution in [3.63, 3.8) is 0 Å². The molecule has 1 aromatic rings. The van der Waals surface area contributed by atoms with Crippen molar-refractivity contribution < 1.29 is 9.90 Å². The molecule has 0 unspecified atom stereocenters. The molecule has 2 N–H and O–H groups in total. The van der Waals surface area contributed by atoms with Gasteiger partial charge in [-0.3, -0.25) is 4.79 Å². The van der Waals surface area contributed by atoms with Gasteiger partial charge < -0.3 is 15.3 Å². The van der Waals surface area contributed by atoms with Crippen molar-refractivity contribution in [2.24, 2.45) is 0 Å². The van der Waals surface area contributed by atoms with Crippen molar-refractivity contribution in [3.05, 3.63) is 35.9 Å². The Balaban J connectivity index is 2.32. The highest BCUT2D eigenvalue weighted by molar-refractivity contribution is 5.88. The molecule has 1 heterocycles. The summed E-state index contributed by atoms with van der Waals surface area (Å²) in [6, 6.07) is 10.1. The highest BCUT2D eigenvalue weighted by Gasteiger charge is 2.43. The van der Waals surface area contributed by atoms with Crippen LogP contribution >= 0.6 is 0 Å². The van der Waals surface area contributed by atoms with Crippen LogP contribution in [0.5, 0.6) is 0 Å². The van der Waals surface area contributed by atoms with Crippen LogP contribution in [-0.2, 0) is 10.2 Å². The van der Waals surface area contributed by atoms with E-state index in [0.717, 1.165) is 37.9 Å². The summed E-state index contributed by atoms with van der Waals surface area (Å²) in [5, 5.41) is 12.6. The maximum atomic E-state index is 13.2. The van der Waals surface area contributed by atoms with E-state index in [2.05, 4.69) is 24.4 Å². The van der Waals surface area contributed by atoms with Gasteiger partial charge in [-0.05, 0) is 37.9 Å². The van der Waals surface area contributed by atoms with E-state index in [-0.39, 0.29) is 12.5 Å². The lowest BCUT2D eigenvalue weighted by atomic mass is 9.72. The molecule has 4 heteroatoms. The van der Waals surface area contributed by atoms with E-state index in [1.54, 1.807) is 0 Å². The molecule has 1 aliphatic rings. The zero-order chi connectivity index (χ0) is 15.1. The summed E-state index contributed by atoms with van der Waals surface area (Å²) >= 11 is 0. The Morgan fingerprint density at radius 3 is 2.48 bits per heavy atom. The van der Waals surface area contributed by atoms with Crippen LogP contribution in [0, 0.1) is 0 Å². The monoisotopic (exact) mass is 290 g/mol. The first kappa shape index (κ1) is 16.0. The van der Waals surface area contributed by atoms with E-state index < -0.39 is 5.41 Å². The number of nitrogens with one attached hydrogen (secondary N) is 1. The van der Waals surface area contributed by atoms with Gasteiger partial charge in [0.15, 0.2) is 0 Å². The lowest BCUT2D eigenvalue weighted by Gasteiger charge is -2.40. The summed E-state index contributed by atoms with van der Waals surface area (Å²) in [4.78, 5) is 15.0. The smallest absolute Gasteiger partial charge is 0.233 e. The number of aliphatic hydroxyl groups is 1. The van der Waals surface area contributed by atoms with E-state index in [0.29, 0.717) is 13.1 Å². The third-order valence-electron chi connectivity index (χ3n) is 4.34. The lowest BCUT2D eigenvalue weighted by molar-refractivity contribution is -0.139. The fraction of sp³-hybridized carbons (Fsp3) is 0.588. The van der Waals surface area contributed by atoms with Crippen LogP contribution in [0.2, 0.25) is 0 Å². The number of benzene rings is 1. The van der Waals surface area contributed by atoms with Gasteiger partial charge >= 0.3 is 0 Å². The van der Waals surface area contributed by atoms with Gasteiger partial charge in [-0.25, -0.2) is 0 Å². The summed E-state index contributed by atoms with van der Waals surface area (Å²) in [5.74, 6) is 0.172. The van der Waals surface area contributed by atoms with Gasteiger partial charge in [-0.2, -0.15) is 0 Å². The van der Waals surface area contributed by atoms with Crippen molar-refractivity contribution >= 4 is 5.91 Å². The Kier molecular flexibility index (Phi) is 5.76. The van der Waals surface area contributed by atoms with E-state index in [4.69, 9.17) is 0 Å². The van der Waals surface area contributed by atoms with Gasteiger partial charge in [-0.1, -0.05) is 37.3 Å². The SMILES string of the molecule is CCCN(CCO)C(=O)C1(c2ccccc2)CCNCC1. The van der Waals surface area contributed by atoms with Gasteiger partial charge in [0, 0.05) is 13.1 Å². The molecule has 1 fully saturated rings. The first-order valence-electron chi connectivity index (χ1n) is 7.91. The van der Waals surface area contributed by atoms with Crippen LogP contribution in [0.1, 0.15) is 31.7 Å². The largest absolute Gasteiger partial charge is 0.395 e. The zero-order valence-corrected chi connectivity index (χ0v) is 12.8. The number of hydrogen-bond acceptors (Lipinski definition) is 3. The summed E-state index contributed by atoms with van der Waals surface area (Å²) < 4.78 is 0. The van der Waals surface area contributed by atoms with E-state index in [9.17, 15) is 9.90 Å². The number of carbonyl (C=O) groups excluding carboxylic acids is 1. The fourth-order valence-corrected chi connectivity index (χ4v) is 3.24. The number of rotatable bonds is 6. The number of nitrogens with zero attached hydrogens (tertiary/aromatic N) is 1. The van der Waals surface area contributed by atoms with Gasteiger partial charge in [0.1, 0.15) is 0 Å². The van der Waals surface area contributed by atoms with Crippen molar-refractivity contribution in [2.45, 2.75) is 31.6 Å². The van der Waals surface area contributed by atoms with Crippen molar-refractivity contribution in [3.8, 4) is 0 Å². The highest BCUT2D eigenvalue weighted by atomic mass is 16.3. The van der Waals surface area contributed by atoms with E-state index >= 15 is 0 Å². The zero-order valence-electron chi connectivity index (χ0n) is 12.8. The summed E-state index contributed by atoms with van der Waals surface area (Å²) in [6.45, 7) is 4.94. The van der Waals surface area contributed by atoms with Crippen LogP contribution < -0.4 is 5.32 Å². The molecule has 1 amide bonds. The molecular formula is C17H26N2O2.